The number of aromatic nitrogens is 2. The zero-order valence-corrected chi connectivity index (χ0v) is 18.3. The second-order valence-electron chi connectivity index (χ2n) is 7.44. The van der Waals surface area contributed by atoms with Crippen molar-refractivity contribution in [2.75, 3.05) is 24.5 Å². The maximum Gasteiger partial charge on any atom is 0.315 e. The molecule has 2 amide bonds. The molecule has 1 aromatic carbocycles. The number of Topliss-reactive ketones (excluding diaryl/α,β-unsaturated/α-hetero) is 1. The first kappa shape index (κ1) is 23.8. The van der Waals surface area contributed by atoms with Gasteiger partial charge in [-0.05, 0) is 19.1 Å². The maximum absolute atomic E-state index is 14.3. The highest BCUT2D eigenvalue weighted by molar-refractivity contribution is 6.09. The number of anilines is 1. The third-order valence-electron chi connectivity index (χ3n) is 4.92. The second-order valence-corrected chi connectivity index (χ2v) is 7.44. The van der Waals surface area contributed by atoms with Crippen LogP contribution in [0.2, 0.25) is 0 Å². The molecule has 1 fully saturated rings. The molecule has 174 valence electrons. The minimum atomic E-state index is -0.656. The SMILES string of the molecule is CCNC(=O)NC1CN(c2nc(C(=N)/C=C(\NCc3ccccc3F)C(C)=O)ncc2F)C1. The van der Waals surface area contributed by atoms with Crippen LogP contribution in [-0.4, -0.2) is 53.2 Å². The molecule has 1 aromatic heterocycles. The summed E-state index contributed by atoms with van der Waals surface area (Å²) in [5.41, 5.74) is 0.234. The van der Waals surface area contributed by atoms with Gasteiger partial charge in [-0.25, -0.2) is 23.5 Å². The molecule has 1 aliphatic heterocycles. The van der Waals surface area contributed by atoms with Crippen molar-refractivity contribution in [1.82, 2.24) is 25.9 Å². The van der Waals surface area contributed by atoms with E-state index in [1.54, 1.807) is 30.0 Å². The molecule has 2 aromatic rings. The molecule has 0 atom stereocenters. The molecule has 3 rings (SSSR count). The molecule has 33 heavy (non-hydrogen) atoms. The fourth-order valence-electron chi connectivity index (χ4n) is 3.17. The van der Waals surface area contributed by atoms with Crippen LogP contribution in [-0.2, 0) is 11.3 Å². The number of carbonyl (C=O) groups excluding carboxylic acids is 2. The Balaban J connectivity index is 1.68. The molecule has 0 radical (unpaired) electrons. The number of benzene rings is 1. The number of amides is 2. The Bertz CT molecular complexity index is 1080. The van der Waals surface area contributed by atoms with Crippen molar-refractivity contribution in [3.8, 4) is 0 Å². The van der Waals surface area contributed by atoms with Gasteiger partial charge in [-0.3, -0.25) is 10.2 Å². The van der Waals surface area contributed by atoms with Gasteiger partial charge in [-0.1, -0.05) is 18.2 Å². The summed E-state index contributed by atoms with van der Waals surface area (Å²) in [6, 6.07) is 5.70. The van der Waals surface area contributed by atoms with Crippen molar-refractivity contribution >= 4 is 23.3 Å². The van der Waals surface area contributed by atoms with Crippen LogP contribution in [0.25, 0.3) is 0 Å². The van der Waals surface area contributed by atoms with Gasteiger partial charge in [0, 0.05) is 38.7 Å². The Morgan fingerprint density at radius 3 is 2.61 bits per heavy atom. The van der Waals surface area contributed by atoms with Crippen LogP contribution < -0.4 is 20.9 Å². The first-order chi connectivity index (χ1) is 15.8. The van der Waals surface area contributed by atoms with Gasteiger partial charge >= 0.3 is 6.03 Å². The Labute approximate surface area is 189 Å². The van der Waals surface area contributed by atoms with Crippen LogP contribution in [0.4, 0.5) is 19.4 Å². The highest BCUT2D eigenvalue weighted by Gasteiger charge is 2.31. The number of nitrogens with zero attached hydrogens (tertiary/aromatic N) is 3. The minimum Gasteiger partial charge on any atom is -0.378 e. The molecular weight excluding hydrogens is 432 g/mol. The predicted octanol–water partition coefficient (Wildman–Crippen LogP) is 1.89. The summed E-state index contributed by atoms with van der Waals surface area (Å²) in [5, 5.41) is 16.5. The van der Waals surface area contributed by atoms with Gasteiger partial charge in [0.1, 0.15) is 11.5 Å². The van der Waals surface area contributed by atoms with E-state index < -0.39 is 11.6 Å². The molecule has 2 heterocycles. The summed E-state index contributed by atoms with van der Waals surface area (Å²) >= 11 is 0. The standard InChI is InChI=1S/C22H25F2N7O2/c1-3-26-22(33)29-15-11-31(12-15)21-17(24)10-28-20(30-21)18(25)8-19(13(2)32)27-9-14-6-4-5-7-16(14)23/h4-8,10,15,25,27H,3,9,11-12H2,1-2H3,(H2,26,29,33)/b19-8-,25-18?. The lowest BCUT2D eigenvalue weighted by molar-refractivity contribution is -0.114. The molecule has 0 saturated carbocycles. The maximum atomic E-state index is 14.3. The summed E-state index contributed by atoms with van der Waals surface area (Å²) in [6.45, 7) is 4.38. The lowest BCUT2D eigenvalue weighted by atomic mass is 10.1. The number of hydrogen-bond donors (Lipinski definition) is 4. The van der Waals surface area contributed by atoms with E-state index in [2.05, 4.69) is 25.9 Å². The van der Waals surface area contributed by atoms with Gasteiger partial charge in [-0.15, -0.1) is 0 Å². The van der Waals surface area contributed by atoms with Gasteiger partial charge in [0.25, 0.3) is 0 Å². The fraction of sp³-hybridized carbons (Fsp3) is 0.318. The molecule has 0 aliphatic carbocycles. The molecule has 1 aliphatic rings. The molecule has 0 bridgehead atoms. The van der Waals surface area contributed by atoms with Crippen LogP contribution in [0, 0.1) is 17.0 Å². The normalized spacial score (nSPS) is 13.8. The number of urea groups is 1. The van der Waals surface area contributed by atoms with Crippen molar-refractivity contribution in [3.63, 3.8) is 0 Å². The molecule has 9 nitrogen and oxygen atoms in total. The first-order valence-electron chi connectivity index (χ1n) is 10.4. The number of allylic oxidation sites excluding steroid dienone is 2. The Morgan fingerprint density at radius 1 is 1.21 bits per heavy atom. The van der Waals surface area contributed by atoms with E-state index in [4.69, 9.17) is 5.41 Å². The van der Waals surface area contributed by atoms with Gasteiger partial charge in [0.05, 0.1) is 17.9 Å². The Kier molecular flexibility index (Phi) is 7.65. The lowest BCUT2D eigenvalue weighted by Crippen LogP contribution is -2.61. The molecule has 0 unspecified atom stereocenters. The van der Waals surface area contributed by atoms with E-state index in [9.17, 15) is 18.4 Å². The van der Waals surface area contributed by atoms with E-state index in [1.807, 2.05) is 0 Å². The van der Waals surface area contributed by atoms with Gasteiger partial charge in [0.15, 0.2) is 23.2 Å². The average Bonchev–Trinajstić information content (AvgIpc) is 2.75. The van der Waals surface area contributed by atoms with Crippen LogP contribution >= 0.6 is 0 Å². The van der Waals surface area contributed by atoms with Crippen molar-refractivity contribution in [2.24, 2.45) is 0 Å². The fourth-order valence-corrected chi connectivity index (χ4v) is 3.17. The highest BCUT2D eigenvalue weighted by Crippen LogP contribution is 2.22. The smallest absolute Gasteiger partial charge is 0.315 e. The topological polar surface area (TPSA) is 123 Å². The summed E-state index contributed by atoms with van der Waals surface area (Å²) < 4.78 is 28.1. The average molecular weight is 457 g/mol. The monoisotopic (exact) mass is 457 g/mol. The lowest BCUT2D eigenvalue weighted by Gasteiger charge is -2.40. The third kappa shape index (κ3) is 6.09. The van der Waals surface area contributed by atoms with Crippen LogP contribution in [0.15, 0.2) is 42.2 Å². The highest BCUT2D eigenvalue weighted by atomic mass is 19.1. The Hall–Kier alpha value is -3.89. The zero-order valence-electron chi connectivity index (χ0n) is 18.3. The van der Waals surface area contributed by atoms with Gasteiger partial charge in [0.2, 0.25) is 0 Å². The zero-order chi connectivity index (χ0) is 24.0. The van der Waals surface area contributed by atoms with E-state index in [0.717, 1.165) is 6.20 Å². The molecule has 11 heteroatoms. The molecular formula is C22H25F2N7O2. The number of ketones is 1. The third-order valence-corrected chi connectivity index (χ3v) is 4.92. The van der Waals surface area contributed by atoms with Crippen molar-refractivity contribution in [3.05, 3.63) is 65.3 Å². The molecule has 4 N–H and O–H groups in total. The van der Waals surface area contributed by atoms with E-state index >= 15 is 0 Å². The second kappa shape index (κ2) is 10.6. The summed E-state index contributed by atoms with van der Waals surface area (Å²) in [5.74, 6) is -1.49. The van der Waals surface area contributed by atoms with Crippen LogP contribution in [0.3, 0.4) is 0 Å². The number of rotatable bonds is 9. The van der Waals surface area contributed by atoms with Crippen molar-refractivity contribution < 1.29 is 18.4 Å². The largest absolute Gasteiger partial charge is 0.378 e. The summed E-state index contributed by atoms with van der Waals surface area (Å²) in [7, 11) is 0. The van der Waals surface area contributed by atoms with Crippen LogP contribution in [0.5, 0.6) is 0 Å². The summed E-state index contributed by atoms with van der Waals surface area (Å²) in [4.78, 5) is 33.2. The summed E-state index contributed by atoms with van der Waals surface area (Å²) in [6.07, 6.45) is 2.19. The molecule has 0 spiro atoms. The van der Waals surface area contributed by atoms with Gasteiger partial charge in [-0.2, -0.15) is 0 Å². The minimum absolute atomic E-state index is 0.00999. The van der Waals surface area contributed by atoms with Crippen molar-refractivity contribution in [2.45, 2.75) is 26.4 Å². The quantitative estimate of drug-likeness (QED) is 0.337. The van der Waals surface area contributed by atoms with Crippen molar-refractivity contribution in [1.29, 1.82) is 5.41 Å². The molecule has 1 saturated heterocycles. The predicted molar refractivity (Wildman–Crippen MR) is 119 cm³/mol. The van der Waals surface area contributed by atoms with Crippen LogP contribution in [0.1, 0.15) is 25.2 Å². The van der Waals surface area contributed by atoms with E-state index in [-0.39, 0.29) is 47.5 Å². The number of nitrogens with one attached hydrogen (secondary N) is 4. The Morgan fingerprint density at radius 2 is 1.94 bits per heavy atom. The van der Waals surface area contributed by atoms with Gasteiger partial charge < -0.3 is 20.9 Å². The number of halogens is 2. The number of carbonyl (C=O) groups is 2. The number of hydrogen-bond acceptors (Lipinski definition) is 7. The first-order valence-corrected chi connectivity index (χ1v) is 10.4. The van der Waals surface area contributed by atoms with E-state index in [1.165, 1.54) is 19.1 Å². The van der Waals surface area contributed by atoms with E-state index in [0.29, 0.717) is 25.2 Å².